The fraction of sp³-hybridized carbons (Fsp3) is 0.306. The molecule has 0 amide bonds. The van der Waals surface area contributed by atoms with Crippen molar-refractivity contribution in [2.24, 2.45) is 0 Å². The predicted molar refractivity (Wildman–Crippen MR) is 181 cm³/mol. The fourth-order valence-corrected chi connectivity index (χ4v) is 7.04. The Morgan fingerprint density at radius 2 is 1.11 bits per heavy atom. The normalized spacial score (nSPS) is 13.2. The standard InChI is InChI=1S/C36H34F6O9S2/c1-6-33(4,5)51-27-15-11-25(12-16-27)34(35(37,38)39,36(40,41)42)24-9-13-26(14-10-24)50-29-18-8-23(20-31(29)53(47,48)49)32(43)22-7-17-28(21(2)3)30(19-22)52(44,45)46/h7-21H,6H2,1-5H3,(H,44,45,46)(H,47,48,49). The number of hydrogen-bond donors (Lipinski definition) is 2. The number of benzene rings is 4. The lowest BCUT2D eigenvalue weighted by molar-refractivity contribution is -0.288. The van der Waals surface area contributed by atoms with Gasteiger partial charge in [-0.3, -0.25) is 13.9 Å². The maximum atomic E-state index is 14.7. The zero-order valence-corrected chi connectivity index (χ0v) is 30.3. The summed E-state index contributed by atoms with van der Waals surface area (Å²) in [6, 6.07) is 11.9. The second-order valence-electron chi connectivity index (χ2n) is 13.0. The van der Waals surface area contributed by atoms with Crippen molar-refractivity contribution < 1.29 is 66.6 Å². The van der Waals surface area contributed by atoms with Gasteiger partial charge in [0.15, 0.2) is 5.78 Å². The molecule has 4 rings (SSSR count). The van der Waals surface area contributed by atoms with Crippen LogP contribution in [-0.4, -0.2) is 49.7 Å². The minimum absolute atomic E-state index is 0.0526. The van der Waals surface area contributed by atoms with E-state index in [0.29, 0.717) is 36.8 Å². The second-order valence-corrected chi connectivity index (χ2v) is 15.7. The van der Waals surface area contributed by atoms with E-state index in [1.165, 1.54) is 12.1 Å². The number of alkyl halides is 6. The highest BCUT2D eigenvalue weighted by atomic mass is 32.2. The first-order valence-electron chi connectivity index (χ1n) is 15.7. The lowest BCUT2D eigenvalue weighted by Gasteiger charge is -2.38. The van der Waals surface area contributed by atoms with Gasteiger partial charge in [0.2, 0.25) is 5.41 Å². The SMILES string of the molecule is CCC(C)(C)Oc1ccc(C(c2ccc(Oc3ccc(C(=O)c4ccc(C(C)C)c(S(=O)(=O)O)c4)cc3S(=O)(=O)O)cc2)(C(F)(F)F)C(F)(F)F)cc1. The van der Waals surface area contributed by atoms with Crippen LogP contribution in [0.15, 0.2) is 94.7 Å². The number of halogens is 6. The Morgan fingerprint density at radius 3 is 1.53 bits per heavy atom. The molecule has 0 heterocycles. The van der Waals surface area contributed by atoms with Crippen LogP contribution in [0.4, 0.5) is 26.3 Å². The average Bonchev–Trinajstić information content (AvgIpc) is 3.04. The first-order valence-corrected chi connectivity index (χ1v) is 18.6. The van der Waals surface area contributed by atoms with Gasteiger partial charge in [0.05, 0.1) is 4.90 Å². The molecule has 0 unspecified atom stereocenters. The summed E-state index contributed by atoms with van der Waals surface area (Å²) in [4.78, 5) is 11.7. The smallest absolute Gasteiger partial charge is 0.411 e. The number of rotatable bonds is 12. The number of ketones is 1. The Bertz CT molecular complexity index is 2200. The molecule has 53 heavy (non-hydrogen) atoms. The van der Waals surface area contributed by atoms with Gasteiger partial charge in [0.1, 0.15) is 27.7 Å². The lowest BCUT2D eigenvalue weighted by atomic mass is 9.73. The van der Waals surface area contributed by atoms with Crippen LogP contribution in [0.1, 0.15) is 79.6 Å². The van der Waals surface area contributed by atoms with Gasteiger partial charge in [-0.15, -0.1) is 0 Å². The molecule has 0 radical (unpaired) electrons. The van der Waals surface area contributed by atoms with E-state index in [-0.39, 0.29) is 22.8 Å². The molecular weight excluding hydrogens is 755 g/mol. The lowest BCUT2D eigenvalue weighted by Crippen LogP contribution is -2.54. The van der Waals surface area contributed by atoms with Crippen LogP contribution in [0.5, 0.6) is 17.2 Å². The number of carbonyl (C=O) groups excluding carboxylic acids is 1. The number of hydrogen-bond acceptors (Lipinski definition) is 7. The maximum absolute atomic E-state index is 14.7. The monoisotopic (exact) mass is 788 g/mol. The van der Waals surface area contributed by atoms with Crippen LogP contribution in [0, 0.1) is 0 Å². The third-order valence-electron chi connectivity index (χ3n) is 8.56. The van der Waals surface area contributed by atoms with Gasteiger partial charge in [-0.1, -0.05) is 57.2 Å². The minimum atomic E-state index is -5.91. The van der Waals surface area contributed by atoms with Crippen LogP contribution in [0.2, 0.25) is 0 Å². The molecule has 0 bridgehead atoms. The van der Waals surface area contributed by atoms with E-state index in [2.05, 4.69) is 0 Å². The number of carbonyl (C=O) groups is 1. The molecule has 4 aromatic rings. The van der Waals surface area contributed by atoms with E-state index in [1.807, 2.05) is 0 Å². The van der Waals surface area contributed by atoms with Crippen molar-refractivity contribution in [2.45, 2.75) is 80.1 Å². The highest BCUT2D eigenvalue weighted by Crippen LogP contribution is 2.56. The van der Waals surface area contributed by atoms with Gasteiger partial charge in [-0.25, -0.2) is 0 Å². The Labute approximate surface area is 302 Å². The van der Waals surface area contributed by atoms with E-state index < -0.39 is 87.4 Å². The minimum Gasteiger partial charge on any atom is -0.488 e. The van der Waals surface area contributed by atoms with E-state index in [0.717, 1.165) is 42.5 Å². The highest BCUT2D eigenvalue weighted by Gasteiger charge is 2.72. The molecule has 0 aliphatic carbocycles. The average molecular weight is 789 g/mol. The van der Waals surface area contributed by atoms with Crippen molar-refractivity contribution in [3.8, 4) is 17.2 Å². The van der Waals surface area contributed by atoms with Crippen molar-refractivity contribution >= 4 is 26.0 Å². The molecular formula is C36H34F6O9S2. The van der Waals surface area contributed by atoms with Gasteiger partial charge in [-0.05, 0) is 91.4 Å². The highest BCUT2D eigenvalue weighted by molar-refractivity contribution is 7.86. The van der Waals surface area contributed by atoms with Crippen LogP contribution in [0.25, 0.3) is 0 Å². The molecule has 17 heteroatoms. The van der Waals surface area contributed by atoms with Gasteiger partial charge in [-0.2, -0.15) is 43.2 Å². The molecule has 0 aromatic heterocycles. The fourth-order valence-electron chi connectivity index (χ4n) is 5.52. The summed E-state index contributed by atoms with van der Waals surface area (Å²) in [6.07, 6.45) is -11.3. The molecule has 9 nitrogen and oxygen atoms in total. The largest absolute Gasteiger partial charge is 0.488 e. The summed E-state index contributed by atoms with van der Waals surface area (Å²) in [7, 11) is -9.97. The van der Waals surface area contributed by atoms with Gasteiger partial charge >= 0.3 is 12.4 Å². The summed E-state index contributed by atoms with van der Waals surface area (Å²) >= 11 is 0. The summed E-state index contributed by atoms with van der Waals surface area (Å²) < 4.78 is 168. The Balaban J connectivity index is 1.75. The van der Waals surface area contributed by atoms with Crippen molar-refractivity contribution in [3.05, 3.63) is 113 Å². The Kier molecular flexibility index (Phi) is 11.2. The first-order chi connectivity index (χ1) is 24.2. The van der Waals surface area contributed by atoms with Crippen LogP contribution >= 0.6 is 0 Å². The van der Waals surface area contributed by atoms with E-state index in [9.17, 15) is 57.1 Å². The Hall–Kier alpha value is -4.45. The second kappa shape index (κ2) is 14.4. The van der Waals surface area contributed by atoms with Crippen LogP contribution < -0.4 is 9.47 Å². The van der Waals surface area contributed by atoms with Gasteiger partial charge in [0, 0.05) is 11.1 Å². The topological polar surface area (TPSA) is 144 Å². The number of ether oxygens (including phenoxy) is 2. The predicted octanol–water partition coefficient (Wildman–Crippen LogP) is 9.30. The van der Waals surface area contributed by atoms with Crippen molar-refractivity contribution in [1.82, 2.24) is 0 Å². The molecule has 286 valence electrons. The summed E-state index contributed by atoms with van der Waals surface area (Å²) in [6.45, 7) is 8.47. The van der Waals surface area contributed by atoms with Crippen LogP contribution in [0.3, 0.4) is 0 Å². The first kappa shape index (κ1) is 41.3. The quantitative estimate of drug-likeness (QED) is 0.0815. The molecule has 2 N–H and O–H groups in total. The third-order valence-corrected chi connectivity index (χ3v) is 10.3. The molecule has 0 fully saturated rings. The van der Waals surface area contributed by atoms with E-state index >= 15 is 0 Å². The molecule has 4 aromatic carbocycles. The molecule has 0 spiro atoms. The Morgan fingerprint density at radius 1 is 0.679 bits per heavy atom. The molecule has 0 atom stereocenters. The molecule has 0 saturated heterocycles. The summed E-state index contributed by atoms with van der Waals surface area (Å²) in [5.41, 5.74) is -8.13. The van der Waals surface area contributed by atoms with Crippen molar-refractivity contribution in [2.75, 3.05) is 0 Å². The zero-order chi connectivity index (χ0) is 39.9. The third kappa shape index (κ3) is 8.53. The van der Waals surface area contributed by atoms with Crippen molar-refractivity contribution in [1.29, 1.82) is 0 Å². The van der Waals surface area contributed by atoms with E-state index in [1.54, 1.807) is 34.6 Å². The van der Waals surface area contributed by atoms with Crippen molar-refractivity contribution in [3.63, 3.8) is 0 Å². The molecule has 0 aliphatic rings. The van der Waals surface area contributed by atoms with Gasteiger partial charge in [0.25, 0.3) is 20.2 Å². The van der Waals surface area contributed by atoms with Gasteiger partial charge < -0.3 is 9.47 Å². The zero-order valence-electron chi connectivity index (χ0n) is 28.7. The molecule has 0 saturated carbocycles. The summed E-state index contributed by atoms with van der Waals surface area (Å²) in [5.74, 6) is -2.36. The molecule has 0 aliphatic heterocycles. The summed E-state index contributed by atoms with van der Waals surface area (Å²) in [5, 5.41) is 0. The van der Waals surface area contributed by atoms with E-state index in [4.69, 9.17) is 9.47 Å². The maximum Gasteiger partial charge on any atom is 0.411 e. The van der Waals surface area contributed by atoms with Crippen LogP contribution in [-0.2, 0) is 25.7 Å².